The summed E-state index contributed by atoms with van der Waals surface area (Å²) in [5.74, 6) is 0.563. The zero-order chi connectivity index (χ0) is 25.4. The molecule has 4 aromatic rings. The van der Waals surface area contributed by atoms with Gasteiger partial charge in [-0.05, 0) is 44.2 Å². The number of para-hydroxylation sites is 1. The lowest BCUT2D eigenvalue weighted by atomic mass is 9.94. The number of fused-ring (bicyclic) bond motifs is 2. The number of methoxy groups -OCH3 is 2. The van der Waals surface area contributed by atoms with E-state index in [2.05, 4.69) is 9.98 Å². The zero-order valence-corrected chi connectivity index (χ0v) is 21.1. The normalized spacial score (nSPS) is 15.6. The number of carbonyl (C=O) groups is 1. The monoisotopic (exact) mass is 503 g/mol. The third-order valence-electron chi connectivity index (χ3n) is 6.16. The molecule has 0 bridgehead atoms. The minimum atomic E-state index is -0.796. The van der Waals surface area contributed by atoms with E-state index in [9.17, 15) is 9.59 Å². The van der Waals surface area contributed by atoms with Crippen LogP contribution in [0.4, 0.5) is 0 Å². The van der Waals surface area contributed by atoms with Gasteiger partial charge in [0.05, 0.1) is 36.6 Å². The first kappa shape index (κ1) is 23.6. The molecule has 0 aliphatic carbocycles. The topological polar surface area (TPSA) is 94.9 Å². The van der Waals surface area contributed by atoms with Gasteiger partial charge in [0.2, 0.25) is 0 Å². The van der Waals surface area contributed by atoms with E-state index in [1.807, 2.05) is 36.5 Å². The largest absolute Gasteiger partial charge is 0.497 e. The molecule has 0 saturated heterocycles. The van der Waals surface area contributed by atoms with Crippen LogP contribution in [0, 0.1) is 0 Å². The number of rotatable bonds is 6. The Balaban J connectivity index is 1.78. The van der Waals surface area contributed by atoms with E-state index in [-0.39, 0.29) is 17.7 Å². The van der Waals surface area contributed by atoms with Gasteiger partial charge in [-0.2, -0.15) is 0 Å². The molecule has 184 valence electrons. The van der Waals surface area contributed by atoms with Gasteiger partial charge in [-0.25, -0.2) is 9.79 Å². The Hall–Kier alpha value is -4.11. The molecule has 2 aromatic heterocycles. The highest BCUT2D eigenvalue weighted by Crippen LogP contribution is 2.37. The number of esters is 1. The predicted molar refractivity (Wildman–Crippen MR) is 138 cm³/mol. The van der Waals surface area contributed by atoms with Gasteiger partial charge in [0, 0.05) is 28.2 Å². The van der Waals surface area contributed by atoms with Crippen molar-refractivity contribution in [1.29, 1.82) is 0 Å². The van der Waals surface area contributed by atoms with Gasteiger partial charge >= 0.3 is 5.97 Å². The second kappa shape index (κ2) is 9.50. The number of hydrogen-bond donors (Lipinski definition) is 1. The van der Waals surface area contributed by atoms with E-state index in [4.69, 9.17) is 14.2 Å². The fraction of sp³-hybridized carbons (Fsp3) is 0.222. The number of benzene rings is 2. The maximum Gasteiger partial charge on any atom is 0.338 e. The molecule has 0 saturated carbocycles. The number of carbonyl (C=O) groups excluding carboxylic acids is 1. The van der Waals surface area contributed by atoms with Crippen molar-refractivity contribution in [3.63, 3.8) is 0 Å². The van der Waals surface area contributed by atoms with Crippen LogP contribution in [0.3, 0.4) is 0 Å². The highest BCUT2D eigenvalue weighted by atomic mass is 32.1. The quantitative estimate of drug-likeness (QED) is 0.408. The molecular weight excluding hydrogens is 478 g/mol. The number of nitrogens with zero attached hydrogens (tertiary/aromatic N) is 2. The van der Waals surface area contributed by atoms with Crippen molar-refractivity contribution in [2.45, 2.75) is 19.9 Å². The molecule has 3 heterocycles. The Labute approximate surface area is 210 Å². The number of allylic oxidation sites excluding steroid dienone is 1. The van der Waals surface area contributed by atoms with Crippen molar-refractivity contribution in [3.05, 3.63) is 90.7 Å². The highest BCUT2D eigenvalue weighted by Gasteiger charge is 2.35. The molecule has 1 aliphatic rings. The van der Waals surface area contributed by atoms with Crippen molar-refractivity contribution < 1.29 is 19.0 Å². The summed E-state index contributed by atoms with van der Waals surface area (Å²) >= 11 is 1.28. The summed E-state index contributed by atoms with van der Waals surface area (Å²) in [5.41, 5.74) is 3.00. The number of thiazole rings is 1. The molecule has 5 rings (SSSR count). The van der Waals surface area contributed by atoms with Crippen molar-refractivity contribution in [3.8, 4) is 11.5 Å². The zero-order valence-electron chi connectivity index (χ0n) is 20.3. The SMILES string of the molecule is CCOC(=O)C1=C(C)N=c2sc(=Cc3c[nH]c4ccccc34)c(=O)n2[C@@H]1c1cc(OC)ccc1OC. The first-order chi connectivity index (χ1) is 17.5. The molecular formula is C27H25N3O5S. The number of ether oxygens (including phenoxy) is 3. The van der Waals surface area contributed by atoms with Crippen LogP contribution in [0.25, 0.3) is 17.0 Å². The number of aromatic amines is 1. The lowest BCUT2D eigenvalue weighted by molar-refractivity contribution is -0.139. The minimum Gasteiger partial charge on any atom is -0.497 e. The standard InChI is InChI=1S/C27H25N3O5S/c1-5-35-26(32)23-15(2)29-27-30(24(23)19-13-17(33-3)10-11-21(19)34-4)25(31)22(36-27)12-16-14-28-20-9-7-6-8-18(16)20/h6-14,24,28H,5H2,1-4H3/t24-/m1/s1. The Kier molecular flexibility index (Phi) is 6.24. The fourth-order valence-corrected chi connectivity index (χ4v) is 5.53. The van der Waals surface area contributed by atoms with Gasteiger partial charge in [0.1, 0.15) is 17.5 Å². The van der Waals surface area contributed by atoms with Crippen LogP contribution < -0.4 is 24.4 Å². The highest BCUT2D eigenvalue weighted by molar-refractivity contribution is 7.07. The van der Waals surface area contributed by atoms with Gasteiger partial charge in [-0.15, -0.1) is 0 Å². The summed E-state index contributed by atoms with van der Waals surface area (Å²) in [6.45, 7) is 3.69. The van der Waals surface area contributed by atoms with Crippen LogP contribution in [0.1, 0.15) is 31.0 Å². The first-order valence-corrected chi connectivity index (χ1v) is 12.3. The second-order valence-corrected chi connectivity index (χ2v) is 9.21. The first-order valence-electron chi connectivity index (χ1n) is 11.4. The number of aromatic nitrogens is 2. The molecule has 0 amide bonds. The van der Waals surface area contributed by atoms with Crippen LogP contribution in [0.2, 0.25) is 0 Å². The number of hydrogen-bond acceptors (Lipinski definition) is 7. The molecule has 0 fully saturated rings. The second-order valence-electron chi connectivity index (χ2n) is 8.20. The third kappa shape index (κ3) is 3.91. The lowest BCUT2D eigenvalue weighted by Crippen LogP contribution is -2.40. The summed E-state index contributed by atoms with van der Waals surface area (Å²) in [5, 5.41) is 1.01. The lowest BCUT2D eigenvalue weighted by Gasteiger charge is -2.26. The predicted octanol–water partition coefficient (Wildman–Crippen LogP) is 3.30. The van der Waals surface area contributed by atoms with Crippen LogP contribution in [-0.4, -0.2) is 36.3 Å². The van der Waals surface area contributed by atoms with E-state index in [1.165, 1.54) is 11.3 Å². The molecule has 0 unspecified atom stereocenters. The molecule has 0 spiro atoms. The minimum absolute atomic E-state index is 0.197. The van der Waals surface area contributed by atoms with Gasteiger partial charge < -0.3 is 19.2 Å². The van der Waals surface area contributed by atoms with Crippen molar-refractivity contribution in [2.24, 2.45) is 4.99 Å². The average molecular weight is 504 g/mol. The Morgan fingerprint density at radius 1 is 1.19 bits per heavy atom. The molecule has 1 aliphatic heterocycles. The summed E-state index contributed by atoms with van der Waals surface area (Å²) in [6, 6.07) is 12.4. The van der Waals surface area contributed by atoms with E-state index < -0.39 is 12.0 Å². The molecule has 1 N–H and O–H groups in total. The summed E-state index contributed by atoms with van der Waals surface area (Å²) in [4.78, 5) is 35.4. The van der Waals surface area contributed by atoms with Gasteiger partial charge in [0.15, 0.2) is 4.80 Å². The summed E-state index contributed by atoms with van der Waals surface area (Å²) in [6.07, 6.45) is 3.73. The maximum atomic E-state index is 13.9. The number of nitrogens with one attached hydrogen (secondary N) is 1. The van der Waals surface area contributed by atoms with E-state index in [1.54, 1.807) is 50.8 Å². The fourth-order valence-electron chi connectivity index (χ4n) is 4.49. The summed E-state index contributed by atoms with van der Waals surface area (Å²) in [7, 11) is 3.11. The Morgan fingerprint density at radius 3 is 2.75 bits per heavy atom. The van der Waals surface area contributed by atoms with Gasteiger partial charge in [-0.1, -0.05) is 29.5 Å². The molecule has 9 heteroatoms. The van der Waals surface area contributed by atoms with Crippen LogP contribution in [0.15, 0.2) is 69.7 Å². The number of H-pyrrole nitrogens is 1. The Morgan fingerprint density at radius 2 is 2.00 bits per heavy atom. The van der Waals surface area contributed by atoms with E-state index in [0.717, 1.165) is 16.5 Å². The molecule has 2 aromatic carbocycles. The molecule has 0 radical (unpaired) electrons. The average Bonchev–Trinajstić information content (AvgIpc) is 3.43. The van der Waals surface area contributed by atoms with Crippen LogP contribution in [-0.2, 0) is 9.53 Å². The van der Waals surface area contributed by atoms with Crippen molar-refractivity contribution >= 4 is 34.3 Å². The van der Waals surface area contributed by atoms with Gasteiger partial charge in [-0.3, -0.25) is 9.36 Å². The van der Waals surface area contributed by atoms with Crippen molar-refractivity contribution in [2.75, 3.05) is 20.8 Å². The molecule has 8 nitrogen and oxygen atoms in total. The van der Waals surface area contributed by atoms with E-state index >= 15 is 0 Å². The van der Waals surface area contributed by atoms with Crippen LogP contribution in [0.5, 0.6) is 11.5 Å². The van der Waals surface area contributed by atoms with Crippen LogP contribution >= 0.6 is 11.3 Å². The van der Waals surface area contributed by atoms with Gasteiger partial charge in [0.25, 0.3) is 5.56 Å². The smallest absolute Gasteiger partial charge is 0.338 e. The third-order valence-corrected chi connectivity index (χ3v) is 7.14. The van der Waals surface area contributed by atoms with E-state index in [0.29, 0.717) is 32.1 Å². The Bertz CT molecular complexity index is 1690. The van der Waals surface area contributed by atoms with Crippen molar-refractivity contribution in [1.82, 2.24) is 9.55 Å². The maximum absolute atomic E-state index is 13.9. The molecule has 1 atom stereocenters. The summed E-state index contributed by atoms with van der Waals surface area (Å²) < 4.78 is 18.5. The molecule has 36 heavy (non-hydrogen) atoms.